The lowest BCUT2D eigenvalue weighted by Crippen LogP contribution is -2.40. The Morgan fingerprint density at radius 3 is 2.45 bits per heavy atom. The van der Waals surface area contributed by atoms with Crippen LogP contribution in [0.3, 0.4) is 0 Å². The van der Waals surface area contributed by atoms with Crippen LogP contribution in [-0.2, 0) is 32.1 Å². The minimum absolute atomic E-state index is 0.136. The fourth-order valence-corrected chi connectivity index (χ4v) is 6.99. The first kappa shape index (κ1) is 37.4. The molecule has 0 radical (unpaired) electrons. The predicted molar refractivity (Wildman–Crippen MR) is 197 cm³/mol. The summed E-state index contributed by atoms with van der Waals surface area (Å²) in [5, 5.41) is 1.05. The first-order valence-electron chi connectivity index (χ1n) is 16.0. The Balaban J connectivity index is 1.57. The lowest BCUT2D eigenvalue weighted by atomic mass is 9.95. The summed E-state index contributed by atoms with van der Waals surface area (Å²) in [6.07, 6.45) is 4.08. The van der Waals surface area contributed by atoms with Gasteiger partial charge < -0.3 is 23.7 Å². The van der Waals surface area contributed by atoms with Gasteiger partial charge in [-0.15, -0.1) is 6.58 Å². The maximum absolute atomic E-state index is 14.3. The number of fused-ring (bicyclic) bond motifs is 1. The van der Waals surface area contributed by atoms with Gasteiger partial charge in [0.1, 0.15) is 12.4 Å². The standard InChI is InChI=1S/C38H36Cl2N2O8S/c1-6-9-24-16-23(10-14-29(24)49-20-26-11-13-27(39)19-28(26)40)17-32-36(44)42-35(34(37(45)48-8-3)22(4)41-38(42)51-32)25-12-15-30(31(18-25)47-7-2)50-21-33(43)46-5/h6,10-19,35H,1,7-9,20-21H2,2-5H3/b32-17-/t35-/m1/s1. The molecule has 0 saturated carbocycles. The molecule has 0 spiro atoms. The summed E-state index contributed by atoms with van der Waals surface area (Å²) >= 11 is 13.6. The third-order valence-corrected chi connectivity index (χ3v) is 9.39. The monoisotopic (exact) mass is 750 g/mol. The molecule has 266 valence electrons. The van der Waals surface area contributed by atoms with Crippen molar-refractivity contribution in [2.45, 2.75) is 39.8 Å². The molecule has 1 aromatic heterocycles. The average Bonchev–Trinajstić information content (AvgIpc) is 3.40. The summed E-state index contributed by atoms with van der Waals surface area (Å²) in [6.45, 7) is 9.47. The number of nitrogens with zero attached hydrogens (tertiary/aromatic N) is 2. The first-order chi connectivity index (χ1) is 24.6. The van der Waals surface area contributed by atoms with Gasteiger partial charge in [0.25, 0.3) is 5.56 Å². The Labute approximate surface area is 308 Å². The summed E-state index contributed by atoms with van der Waals surface area (Å²) in [5.74, 6) is 0.133. The van der Waals surface area contributed by atoms with Crippen molar-refractivity contribution in [2.24, 2.45) is 4.99 Å². The molecule has 0 aliphatic carbocycles. The van der Waals surface area contributed by atoms with Crippen molar-refractivity contribution in [3.63, 3.8) is 0 Å². The molecule has 0 unspecified atom stereocenters. The number of benzene rings is 3. The van der Waals surface area contributed by atoms with Gasteiger partial charge in [-0.3, -0.25) is 9.36 Å². The molecular weight excluding hydrogens is 715 g/mol. The molecule has 1 atom stereocenters. The Kier molecular flexibility index (Phi) is 12.4. The maximum atomic E-state index is 14.3. The van der Waals surface area contributed by atoms with Crippen molar-refractivity contribution in [1.82, 2.24) is 4.57 Å². The summed E-state index contributed by atoms with van der Waals surface area (Å²) in [4.78, 5) is 44.5. The van der Waals surface area contributed by atoms with Crippen molar-refractivity contribution in [1.29, 1.82) is 0 Å². The molecule has 0 bridgehead atoms. The fraction of sp³-hybridized carbons (Fsp3) is 0.263. The van der Waals surface area contributed by atoms with Gasteiger partial charge in [0.05, 0.1) is 42.2 Å². The number of ether oxygens (including phenoxy) is 5. The highest BCUT2D eigenvalue weighted by Gasteiger charge is 2.34. The molecule has 0 amide bonds. The van der Waals surface area contributed by atoms with Crippen molar-refractivity contribution < 1.29 is 33.3 Å². The van der Waals surface area contributed by atoms with Crippen LogP contribution < -0.4 is 29.1 Å². The Morgan fingerprint density at radius 2 is 1.75 bits per heavy atom. The van der Waals surface area contributed by atoms with E-state index in [1.54, 1.807) is 56.3 Å². The van der Waals surface area contributed by atoms with Crippen molar-refractivity contribution in [3.05, 3.63) is 131 Å². The minimum atomic E-state index is -0.886. The lowest BCUT2D eigenvalue weighted by Gasteiger charge is -2.25. The number of methoxy groups -OCH3 is 1. The quantitative estimate of drug-likeness (QED) is 0.108. The second-order valence-corrected chi connectivity index (χ2v) is 13.0. The average molecular weight is 752 g/mol. The highest BCUT2D eigenvalue weighted by molar-refractivity contribution is 7.07. The molecule has 5 rings (SSSR count). The van der Waals surface area contributed by atoms with Crippen LogP contribution in [0, 0.1) is 0 Å². The number of esters is 2. The van der Waals surface area contributed by atoms with Crippen LogP contribution in [-0.4, -0.2) is 43.4 Å². The summed E-state index contributed by atoms with van der Waals surface area (Å²) in [7, 11) is 1.27. The van der Waals surface area contributed by atoms with Crippen LogP contribution in [0.15, 0.2) is 88.3 Å². The second-order valence-electron chi connectivity index (χ2n) is 11.2. The van der Waals surface area contributed by atoms with Crippen molar-refractivity contribution >= 4 is 52.6 Å². The van der Waals surface area contributed by atoms with E-state index in [-0.39, 0.29) is 31.0 Å². The highest BCUT2D eigenvalue weighted by atomic mass is 35.5. The van der Waals surface area contributed by atoms with Crippen LogP contribution in [0.25, 0.3) is 6.08 Å². The molecule has 13 heteroatoms. The molecule has 1 aliphatic rings. The normalized spacial score (nSPS) is 14.0. The molecule has 4 aromatic rings. The molecular formula is C38H36Cl2N2O8S. The van der Waals surface area contributed by atoms with Crippen molar-refractivity contribution in [3.8, 4) is 17.2 Å². The number of aromatic nitrogens is 1. The number of rotatable bonds is 14. The van der Waals surface area contributed by atoms with E-state index in [1.165, 1.54) is 23.0 Å². The SMILES string of the molecule is C=CCc1cc(/C=c2\sc3n(c2=O)[C@H](c2ccc(OCC(=O)OC)c(OCC)c2)C(C(=O)OCC)=C(C)N=3)ccc1OCc1ccc(Cl)cc1Cl. The molecule has 0 saturated heterocycles. The van der Waals surface area contributed by atoms with E-state index < -0.39 is 18.0 Å². The molecule has 3 aromatic carbocycles. The maximum Gasteiger partial charge on any atom is 0.343 e. The number of hydrogen-bond acceptors (Lipinski definition) is 10. The van der Waals surface area contributed by atoms with Gasteiger partial charge in [0, 0.05) is 15.6 Å². The summed E-state index contributed by atoms with van der Waals surface area (Å²) < 4.78 is 29.6. The zero-order valence-electron chi connectivity index (χ0n) is 28.5. The number of carbonyl (C=O) groups is 2. The second kappa shape index (κ2) is 16.9. The third-order valence-electron chi connectivity index (χ3n) is 7.82. The molecule has 0 N–H and O–H groups in total. The number of hydrogen-bond donors (Lipinski definition) is 0. The third kappa shape index (κ3) is 8.56. The van der Waals surface area contributed by atoms with E-state index in [0.29, 0.717) is 60.9 Å². The summed E-state index contributed by atoms with van der Waals surface area (Å²) in [6, 6.07) is 15.0. The molecule has 2 heterocycles. The Bertz CT molecular complexity index is 2190. The number of carbonyl (C=O) groups excluding carboxylic acids is 2. The Morgan fingerprint density at radius 1 is 0.961 bits per heavy atom. The lowest BCUT2D eigenvalue weighted by molar-refractivity contribution is -0.143. The fourth-order valence-electron chi connectivity index (χ4n) is 5.48. The van der Waals surface area contributed by atoms with E-state index in [1.807, 2.05) is 31.2 Å². The molecule has 1 aliphatic heterocycles. The van der Waals surface area contributed by atoms with Gasteiger partial charge in [-0.1, -0.05) is 58.8 Å². The zero-order chi connectivity index (χ0) is 36.7. The topological polar surface area (TPSA) is 115 Å². The van der Waals surface area contributed by atoms with E-state index >= 15 is 0 Å². The van der Waals surface area contributed by atoms with Crippen LogP contribution >= 0.6 is 34.5 Å². The van der Waals surface area contributed by atoms with E-state index in [4.69, 9.17) is 46.9 Å². The number of halogens is 2. The minimum Gasteiger partial charge on any atom is -0.490 e. The zero-order valence-corrected chi connectivity index (χ0v) is 30.8. The van der Waals surface area contributed by atoms with Crippen LogP contribution in [0.4, 0.5) is 0 Å². The van der Waals surface area contributed by atoms with Crippen LogP contribution in [0.5, 0.6) is 17.2 Å². The largest absolute Gasteiger partial charge is 0.490 e. The summed E-state index contributed by atoms with van der Waals surface area (Å²) in [5.41, 5.74) is 3.28. The highest BCUT2D eigenvalue weighted by Crippen LogP contribution is 2.36. The number of thiazole rings is 1. The Hall–Kier alpha value is -4.84. The smallest absolute Gasteiger partial charge is 0.343 e. The van der Waals surface area contributed by atoms with Gasteiger partial charge in [-0.05, 0) is 86.4 Å². The van der Waals surface area contributed by atoms with Gasteiger partial charge in [-0.25, -0.2) is 14.6 Å². The van der Waals surface area contributed by atoms with E-state index in [9.17, 15) is 14.4 Å². The molecule has 0 fully saturated rings. The molecule has 10 nitrogen and oxygen atoms in total. The van der Waals surface area contributed by atoms with Crippen molar-refractivity contribution in [2.75, 3.05) is 26.9 Å². The first-order valence-corrected chi connectivity index (χ1v) is 17.6. The number of allylic oxidation sites excluding steroid dienone is 2. The molecule has 51 heavy (non-hydrogen) atoms. The van der Waals surface area contributed by atoms with Gasteiger partial charge in [0.15, 0.2) is 22.9 Å². The van der Waals surface area contributed by atoms with Crippen LogP contribution in [0.2, 0.25) is 10.0 Å². The van der Waals surface area contributed by atoms with Crippen LogP contribution in [0.1, 0.15) is 49.1 Å². The van der Waals surface area contributed by atoms with Gasteiger partial charge in [0.2, 0.25) is 0 Å². The van der Waals surface area contributed by atoms with Gasteiger partial charge in [-0.2, -0.15) is 0 Å². The van der Waals surface area contributed by atoms with Gasteiger partial charge >= 0.3 is 11.9 Å². The predicted octanol–water partition coefficient (Wildman–Crippen LogP) is 6.36. The van der Waals surface area contributed by atoms with E-state index in [0.717, 1.165) is 16.7 Å². The van der Waals surface area contributed by atoms with E-state index in [2.05, 4.69) is 11.6 Å².